The molecule has 0 aromatic heterocycles. The third-order valence-corrected chi connectivity index (χ3v) is 3.47. The fourth-order valence-electron chi connectivity index (χ4n) is 1.77. The minimum atomic E-state index is -1.58. The summed E-state index contributed by atoms with van der Waals surface area (Å²) in [6.45, 7) is 0. The van der Waals surface area contributed by atoms with E-state index in [-0.39, 0.29) is 5.78 Å². The topological polar surface area (TPSA) is 17.1 Å². The molecule has 78 valence electrons. The van der Waals surface area contributed by atoms with Crippen LogP contribution in [0.2, 0.25) is 0 Å². The van der Waals surface area contributed by atoms with Crippen LogP contribution in [0.25, 0.3) is 0 Å². The summed E-state index contributed by atoms with van der Waals surface area (Å²) in [7, 11) is 0. The summed E-state index contributed by atoms with van der Waals surface area (Å²) in [4.78, 5) is 13.1. The van der Waals surface area contributed by atoms with Gasteiger partial charge in [-0.2, -0.15) is 0 Å². The van der Waals surface area contributed by atoms with E-state index in [2.05, 4.69) is 0 Å². The van der Waals surface area contributed by atoms with E-state index in [9.17, 15) is 4.79 Å². The molecule has 0 atom stereocenters. The summed E-state index contributed by atoms with van der Waals surface area (Å²) in [6, 6.07) is 14.1. The minimum absolute atomic E-state index is 0.102. The molecule has 0 saturated carbocycles. The number of thioether (sulfide) groups is 1. The Morgan fingerprint density at radius 3 is 2.56 bits per heavy atom. The first-order chi connectivity index (χ1) is 8.59. The zero-order valence-electron chi connectivity index (χ0n) is 10.4. The number of carbonyl (C=O) groups excluding carboxylic acids is 1. The summed E-state index contributed by atoms with van der Waals surface area (Å²) in [5, 5.41) is 0. The van der Waals surface area contributed by atoms with E-state index in [0.29, 0.717) is 21.6 Å². The number of benzene rings is 2. The van der Waals surface area contributed by atoms with Crippen molar-refractivity contribution >= 4 is 17.5 Å². The number of fused-ring (bicyclic) bond motifs is 2. The first-order valence-electron chi connectivity index (χ1n) is 6.02. The monoisotopic (exact) mass is 228 g/mol. The molecule has 0 saturated heterocycles. The van der Waals surface area contributed by atoms with Gasteiger partial charge in [-0.05, 0) is 17.7 Å². The standard InChI is InChI=1S/C14H10OS/c15-14-11-6-2-1-5-10(11)9-16-13-8-4-3-7-12(13)14/h1-8H,9H2/i9D2. The largest absolute Gasteiger partial charge is 0.289 e. The van der Waals surface area contributed by atoms with E-state index >= 15 is 0 Å². The molecule has 1 nitrogen and oxygen atoms in total. The number of ketones is 1. The van der Waals surface area contributed by atoms with Crippen LogP contribution in [0.1, 0.15) is 24.2 Å². The van der Waals surface area contributed by atoms with Crippen LogP contribution in [0, 0.1) is 0 Å². The van der Waals surface area contributed by atoms with Gasteiger partial charge in [0.1, 0.15) is 0 Å². The van der Waals surface area contributed by atoms with E-state index in [4.69, 9.17) is 2.74 Å². The van der Waals surface area contributed by atoms with Gasteiger partial charge >= 0.3 is 0 Å². The lowest BCUT2D eigenvalue weighted by Gasteiger charge is -2.03. The smallest absolute Gasteiger partial charge is 0.194 e. The van der Waals surface area contributed by atoms with E-state index in [1.54, 1.807) is 42.5 Å². The van der Waals surface area contributed by atoms with Gasteiger partial charge in [0, 0.05) is 24.5 Å². The Balaban J connectivity index is 2.32. The zero-order valence-corrected chi connectivity index (χ0v) is 9.25. The van der Waals surface area contributed by atoms with E-state index < -0.39 is 5.70 Å². The molecule has 16 heavy (non-hydrogen) atoms. The number of hydrogen-bond donors (Lipinski definition) is 0. The van der Waals surface area contributed by atoms with Crippen molar-refractivity contribution in [2.45, 2.75) is 10.6 Å². The number of rotatable bonds is 0. The fourth-order valence-corrected chi connectivity index (χ4v) is 2.58. The molecule has 0 unspecified atom stereocenters. The van der Waals surface area contributed by atoms with Gasteiger partial charge in [0.2, 0.25) is 0 Å². The molecule has 1 aliphatic rings. The van der Waals surface area contributed by atoms with Crippen LogP contribution >= 0.6 is 11.8 Å². The van der Waals surface area contributed by atoms with Crippen molar-refractivity contribution in [3.63, 3.8) is 0 Å². The summed E-state index contributed by atoms with van der Waals surface area (Å²) in [5.74, 6) is -0.102. The predicted molar refractivity (Wildman–Crippen MR) is 65.9 cm³/mol. The molecule has 0 aliphatic carbocycles. The van der Waals surface area contributed by atoms with Crippen LogP contribution in [0.15, 0.2) is 53.4 Å². The van der Waals surface area contributed by atoms with Gasteiger partial charge in [0.15, 0.2) is 5.78 Å². The lowest BCUT2D eigenvalue weighted by Crippen LogP contribution is -2.03. The van der Waals surface area contributed by atoms with Gasteiger partial charge < -0.3 is 0 Å². The second kappa shape index (κ2) is 3.80. The van der Waals surface area contributed by atoms with Crippen LogP contribution < -0.4 is 0 Å². The van der Waals surface area contributed by atoms with Crippen molar-refractivity contribution < 1.29 is 7.54 Å². The highest BCUT2D eigenvalue weighted by Crippen LogP contribution is 2.33. The lowest BCUT2D eigenvalue weighted by atomic mass is 9.99. The highest BCUT2D eigenvalue weighted by atomic mass is 32.2. The van der Waals surface area contributed by atoms with Crippen molar-refractivity contribution in [2.75, 3.05) is 0 Å². The van der Waals surface area contributed by atoms with Gasteiger partial charge in [-0.15, -0.1) is 11.8 Å². The third kappa shape index (κ3) is 1.46. The summed E-state index contributed by atoms with van der Waals surface area (Å²) < 4.78 is 16.3. The van der Waals surface area contributed by atoms with Gasteiger partial charge in [-0.25, -0.2) is 0 Å². The molecule has 1 aliphatic heterocycles. The fraction of sp³-hybridized carbons (Fsp3) is 0.0714. The van der Waals surface area contributed by atoms with Gasteiger partial charge in [-0.3, -0.25) is 4.79 Å². The van der Waals surface area contributed by atoms with Crippen molar-refractivity contribution in [3.05, 3.63) is 65.2 Å². The Kier molecular flexibility index (Phi) is 1.82. The van der Waals surface area contributed by atoms with Crippen LogP contribution in [0.4, 0.5) is 0 Å². The quantitative estimate of drug-likeness (QED) is 0.686. The first kappa shape index (κ1) is 7.69. The molecule has 2 heteroatoms. The number of hydrogen-bond acceptors (Lipinski definition) is 2. The maximum absolute atomic E-state index is 12.4. The van der Waals surface area contributed by atoms with Gasteiger partial charge in [-0.1, -0.05) is 36.4 Å². The van der Waals surface area contributed by atoms with Crippen molar-refractivity contribution in [1.29, 1.82) is 0 Å². The summed E-state index contributed by atoms with van der Waals surface area (Å²) >= 11 is 1.09. The maximum atomic E-state index is 12.4. The molecular weight excluding hydrogens is 216 g/mol. The van der Waals surface area contributed by atoms with Crippen molar-refractivity contribution in [3.8, 4) is 0 Å². The lowest BCUT2D eigenvalue weighted by molar-refractivity contribution is 0.103. The molecule has 0 spiro atoms. The Morgan fingerprint density at radius 1 is 1.00 bits per heavy atom. The first-order valence-corrected chi connectivity index (χ1v) is 5.83. The highest BCUT2D eigenvalue weighted by molar-refractivity contribution is 7.98. The molecule has 3 rings (SSSR count). The predicted octanol–water partition coefficient (Wildman–Crippen LogP) is 3.52. The molecule has 0 fully saturated rings. The second-order valence-corrected chi connectivity index (χ2v) is 4.42. The van der Waals surface area contributed by atoms with E-state index in [0.717, 1.165) is 11.8 Å². The Morgan fingerprint density at radius 2 is 1.69 bits per heavy atom. The molecule has 2 aromatic carbocycles. The van der Waals surface area contributed by atoms with E-state index in [1.807, 2.05) is 6.07 Å². The third-order valence-electron chi connectivity index (χ3n) is 2.57. The maximum Gasteiger partial charge on any atom is 0.194 e. The molecule has 1 heterocycles. The Labute approximate surface area is 101 Å². The molecule has 0 N–H and O–H groups in total. The second-order valence-electron chi connectivity index (χ2n) is 3.57. The Bertz CT molecular complexity index is 637. The summed E-state index contributed by atoms with van der Waals surface area (Å²) in [5.41, 5.74) is -0.0914. The normalized spacial score (nSPS) is 18.9. The van der Waals surface area contributed by atoms with Gasteiger partial charge in [0.25, 0.3) is 0 Å². The average Bonchev–Trinajstić information content (AvgIpc) is 2.45. The van der Waals surface area contributed by atoms with Crippen LogP contribution in [0.5, 0.6) is 0 Å². The number of carbonyl (C=O) groups is 1. The van der Waals surface area contributed by atoms with Crippen molar-refractivity contribution in [1.82, 2.24) is 0 Å². The van der Waals surface area contributed by atoms with Crippen LogP contribution in [-0.4, -0.2) is 5.78 Å². The van der Waals surface area contributed by atoms with Crippen LogP contribution in [0.3, 0.4) is 0 Å². The van der Waals surface area contributed by atoms with Crippen molar-refractivity contribution in [2.24, 2.45) is 0 Å². The zero-order chi connectivity index (χ0) is 12.8. The molecule has 2 aromatic rings. The average molecular weight is 228 g/mol. The SMILES string of the molecule is [2H]C1([2H])Sc2ccccc2C(=O)c2ccccc21. The van der Waals surface area contributed by atoms with Crippen LogP contribution in [-0.2, 0) is 5.70 Å². The molecule has 0 amide bonds. The van der Waals surface area contributed by atoms with E-state index in [1.165, 1.54) is 0 Å². The Hall–Kier alpha value is -1.54. The summed E-state index contributed by atoms with van der Waals surface area (Å²) in [6.07, 6.45) is 0. The molecular formula is C14H10OS. The molecule has 0 bridgehead atoms. The molecule has 0 radical (unpaired) electrons. The highest BCUT2D eigenvalue weighted by Gasteiger charge is 2.20. The minimum Gasteiger partial charge on any atom is -0.289 e. The van der Waals surface area contributed by atoms with Gasteiger partial charge in [0.05, 0.1) is 0 Å².